The second kappa shape index (κ2) is 14.2. The molecule has 43 heavy (non-hydrogen) atoms. The highest BCUT2D eigenvalue weighted by Crippen LogP contribution is 2.37. The highest BCUT2D eigenvalue weighted by atomic mass is 32.2. The van der Waals surface area contributed by atoms with Gasteiger partial charge in [0.05, 0.1) is 17.7 Å². The first-order chi connectivity index (χ1) is 20.1. The van der Waals surface area contributed by atoms with Crippen molar-refractivity contribution in [3.8, 4) is 0 Å². The van der Waals surface area contributed by atoms with E-state index in [1.165, 1.54) is 6.26 Å². The van der Waals surface area contributed by atoms with Crippen LogP contribution in [0.5, 0.6) is 0 Å². The number of benzene rings is 2. The molecule has 238 valence electrons. The van der Waals surface area contributed by atoms with Crippen LogP contribution in [0.15, 0.2) is 42.5 Å². The number of nitrogens with zero attached hydrogens (tertiary/aromatic N) is 1. The van der Waals surface area contributed by atoms with Gasteiger partial charge in [-0.1, -0.05) is 77.4 Å². The molecule has 0 radical (unpaired) electrons. The van der Waals surface area contributed by atoms with Crippen molar-refractivity contribution >= 4 is 44.0 Å². The van der Waals surface area contributed by atoms with Gasteiger partial charge in [0, 0.05) is 29.9 Å². The molecule has 1 fully saturated rings. The number of nitrogens with one attached hydrogen (secondary N) is 3. The highest BCUT2D eigenvalue weighted by molar-refractivity contribution is 7.90. The number of hydrogen-bond acceptors (Lipinski definition) is 6. The molecule has 3 rings (SSSR count). The van der Waals surface area contributed by atoms with Crippen LogP contribution in [0, 0.1) is 23.2 Å². The van der Waals surface area contributed by atoms with Crippen molar-refractivity contribution in [2.45, 2.75) is 78.9 Å². The Kier molecular flexibility index (Phi) is 11.4. The quantitative estimate of drug-likeness (QED) is 0.329. The Morgan fingerprint density at radius 3 is 2.30 bits per heavy atom. The lowest BCUT2D eigenvalue weighted by Crippen LogP contribution is -2.59. The summed E-state index contributed by atoms with van der Waals surface area (Å²) >= 11 is 0. The number of carbonyl (C=O) groups excluding carboxylic acids is 3. The first-order valence-electron chi connectivity index (χ1n) is 15.3. The number of likely N-dealkylation sites (N-methyl/N-ethyl adjacent to an activating group) is 1. The molecule has 3 N–H and O–H groups in total. The van der Waals surface area contributed by atoms with Crippen LogP contribution in [-0.2, 0) is 24.2 Å². The molecule has 6 unspecified atom stereocenters. The highest BCUT2D eigenvalue weighted by Gasteiger charge is 2.47. The molecular formula is C33H50N4O5S. The predicted octanol–water partition coefficient (Wildman–Crippen LogP) is 4.23. The third-order valence-corrected chi connectivity index (χ3v) is 9.85. The van der Waals surface area contributed by atoms with E-state index < -0.39 is 39.3 Å². The number of sulfone groups is 1. The molecule has 2 aromatic rings. The standard InChI is InChI=1S/C33H50N4O5S/c1-9-23(20-43(8,41)42)19-26(31(39)35-27-16-12-14-24-13-10-11-15-25(24)27)28-21(2)17-18-37(28)32(40)29(33(4,5)6)36-30(38)22(3)34-7/h10-16,21-23,26,28-29,34H,9,17-20H2,1-8H3,(H,35,39)(H,36,38). The summed E-state index contributed by atoms with van der Waals surface area (Å²) in [6, 6.07) is 11.8. The van der Waals surface area contributed by atoms with Crippen LogP contribution >= 0.6 is 0 Å². The van der Waals surface area contributed by atoms with E-state index in [2.05, 4.69) is 16.0 Å². The summed E-state index contributed by atoms with van der Waals surface area (Å²) in [5.41, 5.74) is 0.0909. The van der Waals surface area contributed by atoms with Gasteiger partial charge in [0.2, 0.25) is 17.7 Å². The van der Waals surface area contributed by atoms with E-state index in [0.717, 1.165) is 10.8 Å². The zero-order valence-electron chi connectivity index (χ0n) is 26.9. The molecular weight excluding hydrogens is 564 g/mol. The zero-order valence-corrected chi connectivity index (χ0v) is 27.8. The average molecular weight is 615 g/mol. The Labute approximate surface area is 257 Å². The lowest BCUT2D eigenvalue weighted by Gasteiger charge is -2.39. The fourth-order valence-corrected chi connectivity index (χ4v) is 7.38. The number of rotatable bonds is 12. The maximum Gasteiger partial charge on any atom is 0.245 e. The normalized spacial score (nSPS) is 20.3. The summed E-state index contributed by atoms with van der Waals surface area (Å²) in [5.74, 6) is -1.67. The molecule has 0 bridgehead atoms. The van der Waals surface area contributed by atoms with E-state index in [9.17, 15) is 22.8 Å². The van der Waals surface area contributed by atoms with Gasteiger partial charge >= 0.3 is 0 Å². The molecule has 3 amide bonds. The molecule has 1 aliphatic heterocycles. The first-order valence-corrected chi connectivity index (χ1v) is 17.4. The van der Waals surface area contributed by atoms with E-state index in [1.807, 2.05) is 77.1 Å². The van der Waals surface area contributed by atoms with Gasteiger partial charge in [0.1, 0.15) is 15.9 Å². The number of likely N-dealkylation sites (tertiary alicyclic amines) is 1. The van der Waals surface area contributed by atoms with Crippen molar-refractivity contribution in [3.05, 3.63) is 42.5 Å². The Morgan fingerprint density at radius 1 is 1.05 bits per heavy atom. The third kappa shape index (κ3) is 8.79. The van der Waals surface area contributed by atoms with Crippen LogP contribution in [0.1, 0.15) is 60.8 Å². The number of amides is 3. The second-order valence-corrected chi connectivity index (χ2v) is 15.5. The lowest BCUT2D eigenvalue weighted by molar-refractivity contribution is -0.142. The van der Waals surface area contributed by atoms with E-state index in [4.69, 9.17) is 0 Å². The monoisotopic (exact) mass is 614 g/mol. The van der Waals surface area contributed by atoms with Gasteiger partial charge in [0.25, 0.3) is 0 Å². The van der Waals surface area contributed by atoms with Gasteiger partial charge < -0.3 is 20.9 Å². The van der Waals surface area contributed by atoms with E-state index in [-0.39, 0.29) is 35.3 Å². The largest absolute Gasteiger partial charge is 0.342 e. The van der Waals surface area contributed by atoms with Gasteiger partial charge in [-0.3, -0.25) is 14.4 Å². The van der Waals surface area contributed by atoms with E-state index in [1.54, 1.807) is 18.9 Å². The average Bonchev–Trinajstić information content (AvgIpc) is 3.32. The Bertz CT molecular complexity index is 1400. The number of hydrogen-bond donors (Lipinski definition) is 3. The molecule has 10 heteroatoms. The van der Waals surface area contributed by atoms with Crippen molar-refractivity contribution in [1.82, 2.24) is 15.5 Å². The third-order valence-electron chi connectivity index (χ3n) is 8.78. The van der Waals surface area contributed by atoms with Gasteiger partial charge in [0.15, 0.2) is 0 Å². The summed E-state index contributed by atoms with van der Waals surface area (Å²) in [7, 11) is -1.59. The van der Waals surface area contributed by atoms with Crippen LogP contribution in [0.4, 0.5) is 5.69 Å². The van der Waals surface area contributed by atoms with Crippen molar-refractivity contribution < 1.29 is 22.8 Å². The van der Waals surface area contributed by atoms with Gasteiger partial charge in [-0.15, -0.1) is 0 Å². The molecule has 0 aromatic heterocycles. The topological polar surface area (TPSA) is 125 Å². The summed E-state index contributed by atoms with van der Waals surface area (Å²) in [4.78, 5) is 43.2. The lowest BCUT2D eigenvalue weighted by atomic mass is 9.81. The molecule has 2 aromatic carbocycles. The molecule has 9 nitrogen and oxygen atoms in total. The van der Waals surface area contributed by atoms with Crippen molar-refractivity contribution in [1.29, 1.82) is 0 Å². The Balaban J connectivity index is 2.03. The van der Waals surface area contributed by atoms with Gasteiger partial charge in [-0.05, 0) is 55.5 Å². The van der Waals surface area contributed by atoms with Gasteiger partial charge in [-0.2, -0.15) is 0 Å². The molecule has 1 aliphatic rings. The van der Waals surface area contributed by atoms with E-state index >= 15 is 0 Å². The summed E-state index contributed by atoms with van der Waals surface area (Å²) in [6.07, 6.45) is 2.83. The van der Waals surface area contributed by atoms with Crippen LogP contribution in [-0.4, -0.2) is 74.8 Å². The molecule has 0 aliphatic carbocycles. The molecule has 0 spiro atoms. The zero-order chi connectivity index (χ0) is 32.1. The molecule has 6 atom stereocenters. The minimum atomic E-state index is -3.28. The maximum absolute atomic E-state index is 14.3. The van der Waals surface area contributed by atoms with Gasteiger partial charge in [-0.25, -0.2) is 8.42 Å². The van der Waals surface area contributed by atoms with Crippen molar-refractivity contribution in [2.24, 2.45) is 23.2 Å². The fraction of sp³-hybridized carbons (Fsp3) is 0.606. The van der Waals surface area contributed by atoms with Crippen molar-refractivity contribution in [3.63, 3.8) is 0 Å². The van der Waals surface area contributed by atoms with E-state index in [0.29, 0.717) is 31.5 Å². The van der Waals surface area contributed by atoms with Crippen LogP contribution in [0.2, 0.25) is 0 Å². The number of anilines is 1. The minimum absolute atomic E-state index is 0.00416. The summed E-state index contributed by atoms with van der Waals surface area (Å²) < 4.78 is 24.6. The van der Waals surface area contributed by atoms with Crippen LogP contribution < -0.4 is 16.0 Å². The van der Waals surface area contributed by atoms with Crippen molar-refractivity contribution in [2.75, 3.05) is 30.9 Å². The smallest absolute Gasteiger partial charge is 0.245 e. The Morgan fingerprint density at radius 2 is 1.70 bits per heavy atom. The number of carbonyl (C=O) groups is 3. The predicted molar refractivity (Wildman–Crippen MR) is 173 cm³/mol. The summed E-state index contributed by atoms with van der Waals surface area (Å²) in [6.45, 7) is 11.9. The van der Waals surface area contributed by atoms with Crippen LogP contribution in [0.25, 0.3) is 10.8 Å². The fourth-order valence-electron chi connectivity index (χ4n) is 6.15. The molecule has 0 saturated carbocycles. The first kappa shape index (κ1) is 34.5. The summed E-state index contributed by atoms with van der Waals surface area (Å²) in [5, 5.41) is 10.9. The minimum Gasteiger partial charge on any atom is -0.342 e. The second-order valence-electron chi connectivity index (χ2n) is 13.3. The Hall–Kier alpha value is -2.98. The van der Waals surface area contributed by atoms with Crippen LogP contribution in [0.3, 0.4) is 0 Å². The maximum atomic E-state index is 14.3. The molecule has 1 heterocycles. The molecule has 1 saturated heterocycles. The number of fused-ring (bicyclic) bond motifs is 1. The SMILES string of the molecule is CCC(CC(C(=O)Nc1cccc2ccccc12)C1C(C)CCN1C(=O)C(NC(=O)C(C)NC)C(C)(C)C)CS(C)(=O)=O.